The van der Waals surface area contributed by atoms with Gasteiger partial charge in [-0.25, -0.2) is 4.39 Å². The van der Waals surface area contributed by atoms with E-state index in [4.69, 9.17) is 4.74 Å². The van der Waals surface area contributed by atoms with E-state index < -0.39 is 5.82 Å². The molecule has 0 aliphatic rings. The van der Waals surface area contributed by atoms with Crippen molar-refractivity contribution < 1.29 is 18.7 Å². The zero-order chi connectivity index (χ0) is 18.1. The van der Waals surface area contributed by atoms with E-state index in [1.807, 2.05) is 18.2 Å². The quantitative estimate of drug-likeness (QED) is 0.722. The Morgan fingerprint density at radius 2 is 1.92 bits per heavy atom. The third kappa shape index (κ3) is 6.63. The first kappa shape index (κ1) is 18.4. The summed E-state index contributed by atoms with van der Waals surface area (Å²) < 4.78 is 18.7. The summed E-state index contributed by atoms with van der Waals surface area (Å²) >= 11 is 0. The fraction of sp³-hybridized carbons (Fsp3) is 0.263. The molecular formula is C19H21FN2O3. The number of carbonyl (C=O) groups excluding carboxylic acids is 2. The maximum atomic E-state index is 13.4. The lowest BCUT2D eigenvalue weighted by Crippen LogP contribution is -2.23. The van der Waals surface area contributed by atoms with Gasteiger partial charge in [-0.3, -0.25) is 9.59 Å². The third-order valence-corrected chi connectivity index (χ3v) is 3.38. The van der Waals surface area contributed by atoms with Gasteiger partial charge in [-0.15, -0.1) is 0 Å². The molecule has 2 aromatic rings. The number of hydrogen-bond acceptors (Lipinski definition) is 3. The lowest BCUT2D eigenvalue weighted by molar-refractivity contribution is -0.121. The predicted octanol–water partition coefficient (Wildman–Crippen LogP) is 3.26. The van der Waals surface area contributed by atoms with E-state index in [0.717, 1.165) is 5.56 Å². The molecule has 0 radical (unpaired) electrons. The Morgan fingerprint density at radius 3 is 2.68 bits per heavy atom. The summed E-state index contributed by atoms with van der Waals surface area (Å²) in [5, 5.41) is 5.50. The van der Waals surface area contributed by atoms with Gasteiger partial charge in [0.05, 0.1) is 6.61 Å². The number of anilines is 1. The average molecular weight is 344 g/mol. The number of ether oxygens (including phenoxy) is 1. The summed E-state index contributed by atoms with van der Waals surface area (Å²) in [7, 11) is 0. The minimum Gasteiger partial charge on any atom is -0.491 e. The van der Waals surface area contributed by atoms with Crippen LogP contribution in [0.1, 0.15) is 25.3 Å². The van der Waals surface area contributed by atoms with Gasteiger partial charge in [-0.05, 0) is 36.2 Å². The molecule has 0 aromatic heterocycles. The van der Waals surface area contributed by atoms with Crippen LogP contribution in [0, 0.1) is 5.82 Å². The molecule has 0 saturated carbocycles. The van der Waals surface area contributed by atoms with E-state index in [9.17, 15) is 14.0 Å². The minimum atomic E-state index is -0.411. The van der Waals surface area contributed by atoms with Gasteiger partial charge in [-0.1, -0.05) is 24.3 Å². The maximum absolute atomic E-state index is 13.4. The van der Waals surface area contributed by atoms with Gasteiger partial charge in [-0.2, -0.15) is 0 Å². The van der Waals surface area contributed by atoms with Crippen LogP contribution in [-0.2, 0) is 16.1 Å². The molecule has 5 nitrogen and oxygen atoms in total. The largest absolute Gasteiger partial charge is 0.491 e. The number of rotatable bonds is 8. The Morgan fingerprint density at radius 1 is 1.12 bits per heavy atom. The molecule has 132 valence electrons. The number of benzene rings is 2. The van der Waals surface area contributed by atoms with Crippen molar-refractivity contribution in [2.75, 3.05) is 11.9 Å². The molecule has 0 aliphatic carbocycles. The molecule has 0 bridgehead atoms. The van der Waals surface area contributed by atoms with Gasteiger partial charge in [0.2, 0.25) is 11.8 Å². The first-order valence-corrected chi connectivity index (χ1v) is 8.05. The van der Waals surface area contributed by atoms with Crippen molar-refractivity contribution in [2.24, 2.45) is 0 Å². The Labute approximate surface area is 146 Å². The number of carbonyl (C=O) groups is 2. The van der Waals surface area contributed by atoms with E-state index in [0.29, 0.717) is 25.1 Å². The summed E-state index contributed by atoms with van der Waals surface area (Å²) in [6.45, 7) is 2.09. The van der Waals surface area contributed by atoms with Crippen LogP contribution in [0.15, 0.2) is 48.5 Å². The van der Waals surface area contributed by atoms with Crippen LogP contribution >= 0.6 is 0 Å². The highest BCUT2D eigenvalue weighted by Gasteiger charge is 2.05. The smallest absolute Gasteiger partial charge is 0.221 e. The minimum absolute atomic E-state index is 0.109. The molecule has 0 aliphatic heterocycles. The van der Waals surface area contributed by atoms with Crippen molar-refractivity contribution in [3.8, 4) is 5.75 Å². The topological polar surface area (TPSA) is 67.4 Å². The third-order valence-electron chi connectivity index (χ3n) is 3.38. The van der Waals surface area contributed by atoms with E-state index in [1.54, 1.807) is 24.3 Å². The van der Waals surface area contributed by atoms with Crippen LogP contribution in [0.2, 0.25) is 0 Å². The molecule has 2 N–H and O–H groups in total. The molecule has 6 heteroatoms. The molecular weight excluding hydrogens is 323 g/mol. The van der Waals surface area contributed by atoms with Gasteiger partial charge in [0, 0.05) is 25.6 Å². The van der Waals surface area contributed by atoms with Crippen molar-refractivity contribution in [2.45, 2.75) is 26.3 Å². The van der Waals surface area contributed by atoms with E-state index in [1.165, 1.54) is 13.0 Å². The van der Waals surface area contributed by atoms with Crippen LogP contribution in [0.4, 0.5) is 10.1 Å². The van der Waals surface area contributed by atoms with Gasteiger partial charge in [0.1, 0.15) is 0 Å². The second kappa shape index (κ2) is 9.42. The molecule has 0 atom stereocenters. The van der Waals surface area contributed by atoms with E-state index >= 15 is 0 Å². The van der Waals surface area contributed by atoms with Crippen LogP contribution in [-0.4, -0.2) is 18.4 Å². The van der Waals surface area contributed by atoms with E-state index in [2.05, 4.69) is 10.6 Å². The Balaban J connectivity index is 1.69. The molecule has 0 saturated heterocycles. The maximum Gasteiger partial charge on any atom is 0.221 e. The second-order valence-corrected chi connectivity index (χ2v) is 5.54. The second-order valence-electron chi connectivity index (χ2n) is 5.54. The summed E-state index contributed by atoms with van der Waals surface area (Å²) in [6.07, 6.45) is 0.784. The number of nitrogens with one attached hydrogen (secondary N) is 2. The normalized spacial score (nSPS) is 10.2. The number of hydrogen-bond donors (Lipinski definition) is 2. The summed E-state index contributed by atoms with van der Waals surface area (Å²) in [5.74, 6) is -0.471. The van der Waals surface area contributed by atoms with Crippen LogP contribution in [0.5, 0.6) is 5.75 Å². The average Bonchev–Trinajstić information content (AvgIpc) is 2.58. The Bertz CT molecular complexity index is 734. The van der Waals surface area contributed by atoms with Crippen molar-refractivity contribution in [3.05, 3.63) is 59.9 Å². The van der Waals surface area contributed by atoms with Crippen molar-refractivity contribution >= 4 is 17.5 Å². The molecule has 25 heavy (non-hydrogen) atoms. The standard InChI is InChI=1S/C19H21FN2O3/c1-14(23)22-16-7-4-6-15(12-16)13-21-19(24)10-5-11-25-18-9-3-2-8-17(18)20/h2-4,6-9,12H,5,10-11,13H2,1H3,(H,21,24)(H,22,23). The SMILES string of the molecule is CC(=O)Nc1cccc(CNC(=O)CCCOc2ccccc2F)c1. The van der Waals surface area contributed by atoms with Crippen LogP contribution in [0.3, 0.4) is 0 Å². The molecule has 2 rings (SSSR count). The predicted molar refractivity (Wildman–Crippen MR) is 93.7 cm³/mol. The molecule has 0 spiro atoms. The Hall–Kier alpha value is -2.89. The fourth-order valence-corrected chi connectivity index (χ4v) is 2.23. The van der Waals surface area contributed by atoms with Gasteiger partial charge in [0.25, 0.3) is 0 Å². The zero-order valence-electron chi connectivity index (χ0n) is 14.0. The van der Waals surface area contributed by atoms with Gasteiger partial charge in [0.15, 0.2) is 11.6 Å². The van der Waals surface area contributed by atoms with Crippen molar-refractivity contribution in [3.63, 3.8) is 0 Å². The summed E-state index contributed by atoms with van der Waals surface area (Å²) in [6, 6.07) is 13.4. The molecule has 0 heterocycles. The zero-order valence-corrected chi connectivity index (χ0v) is 14.0. The highest BCUT2D eigenvalue weighted by molar-refractivity contribution is 5.88. The van der Waals surface area contributed by atoms with Crippen molar-refractivity contribution in [1.29, 1.82) is 0 Å². The van der Waals surface area contributed by atoms with Crippen molar-refractivity contribution in [1.82, 2.24) is 5.32 Å². The molecule has 2 aromatic carbocycles. The van der Waals surface area contributed by atoms with Gasteiger partial charge < -0.3 is 15.4 Å². The van der Waals surface area contributed by atoms with Crippen LogP contribution < -0.4 is 15.4 Å². The lowest BCUT2D eigenvalue weighted by atomic mass is 10.2. The summed E-state index contributed by atoms with van der Waals surface area (Å²) in [4.78, 5) is 22.9. The monoisotopic (exact) mass is 344 g/mol. The highest BCUT2D eigenvalue weighted by atomic mass is 19.1. The summed E-state index contributed by atoms with van der Waals surface area (Å²) in [5.41, 5.74) is 1.58. The fourth-order valence-electron chi connectivity index (χ4n) is 2.23. The molecule has 0 fully saturated rings. The number of amides is 2. The lowest BCUT2D eigenvalue weighted by Gasteiger charge is -2.09. The first-order valence-electron chi connectivity index (χ1n) is 8.05. The first-order chi connectivity index (χ1) is 12.0. The molecule has 0 unspecified atom stereocenters. The van der Waals surface area contributed by atoms with E-state index in [-0.39, 0.29) is 24.2 Å². The number of para-hydroxylation sites is 1. The number of halogens is 1. The Kier molecular flexibility index (Phi) is 6.95. The van der Waals surface area contributed by atoms with Crippen LogP contribution in [0.25, 0.3) is 0 Å². The molecule has 2 amide bonds. The van der Waals surface area contributed by atoms with Gasteiger partial charge >= 0.3 is 0 Å². The highest BCUT2D eigenvalue weighted by Crippen LogP contribution is 2.15.